The summed E-state index contributed by atoms with van der Waals surface area (Å²) in [5.41, 5.74) is 2.23. The molecule has 2 fully saturated rings. The molecule has 0 spiro atoms. The first-order valence-corrected chi connectivity index (χ1v) is 12.5. The van der Waals surface area contributed by atoms with Gasteiger partial charge in [-0.05, 0) is 51.0 Å². The number of aromatic amines is 1. The molecule has 2 atom stereocenters. The van der Waals surface area contributed by atoms with Crippen LogP contribution < -0.4 is 15.3 Å². The summed E-state index contributed by atoms with van der Waals surface area (Å²) >= 11 is 0. The summed E-state index contributed by atoms with van der Waals surface area (Å²) in [6, 6.07) is 11.4. The van der Waals surface area contributed by atoms with E-state index in [9.17, 15) is 9.59 Å². The van der Waals surface area contributed by atoms with Crippen molar-refractivity contribution >= 4 is 11.7 Å². The van der Waals surface area contributed by atoms with Crippen molar-refractivity contribution in [1.29, 1.82) is 0 Å². The molecule has 4 heterocycles. The number of H-pyrrole nitrogens is 1. The van der Waals surface area contributed by atoms with Gasteiger partial charge < -0.3 is 24.3 Å². The summed E-state index contributed by atoms with van der Waals surface area (Å²) in [5.74, 6) is 1.56. The highest BCUT2D eigenvalue weighted by Gasteiger charge is 2.28. The molecule has 0 saturated carbocycles. The molecule has 2 aromatic heterocycles. The molecule has 190 valence electrons. The number of imidazole rings is 1. The molecule has 0 radical (unpaired) electrons. The topological polar surface area (TPSA) is 92.7 Å². The standard InChI is InChI=1S/C27H33N5O4/c1-18-15-31(16-19(2)36-18)26(33)21-7-10-28-25(14-21)30-11-8-22(9-12-30)32-17-24(29-27(32)34)20-5-4-6-23(13-20)35-3/h4-7,10,13-14,17-19,22H,8-9,11-12,15-16H2,1-3H3,(H,29,34)/t18-,19+. The lowest BCUT2D eigenvalue weighted by Gasteiger charge is -2.36. The Labute approximate surface area is 210 Å². The Morgan fingerprint density at radius 3 is 2.58 bits per heavy atom. The summed E-state index contributed by atoms with van der Waals surface area (Å²) < 4.78 is 12.9. The Morgan fingerprint density at radius 1 is 1.11 bits per heavy atom. The maximum absolute atomic E-state index is 13.1. The summed E-state index contributed by atoms with van der Waals surface area (Å²) in [6.07, 6.45) is 5.29. The van der Waals surface area contributed by atoms with Gasteiger partial charge in [0.1, 0.15) is 11.6 Å². The van der Waals surface area contributed by atoms with Crippen molar-refractivity contribution in [3.63, 3.8) is 0 Å². The lowest BCUT2D eigenvalue weighted by molar-refractivity contribution is -0.0586. The zero-order valence-corrected chi connectivity index (χ0v) is 21.0. The minimum absolute atomic E-state index is 0.0134. The second kappa shape index (κ2) is 10.2. The van der Waals surface area contributed by atoms with Gasteiger partial charge in [-0.25, -0.2) is 9.78 Å². The largest absolute Gasteiger partial charge is 0.497 e. The zero-order valence-electron chi connectivity index (χ0n) is 21.0. The minimum Gasteiger partial charge on any atom is -0.497 e. The number of morpholine rings is 1. The van der Waals surface area contributed by atoms with E-state index in [-0.39, 0.29) is 29.8 Å². The summed E-state index contributed by atoms with van der Waals surface area (Å²) in [5, 5.41) is 0. The quantitative estimate of drug-likeness (QED) is 0.589. The van der Waals surface area contributed by atoms with E-state index in [2.05, 4.69) is 14.9 Å². The summed E-state index contributed by atoms with van der Waals surface area (Å²) in [7, 11) is 1.63. The summed E-state index contributed by atoms with van der Waals surface area (Å²) in [6.45, 7) is 6.69. The van der Waals surface area contributed by atoms with Crippen LogP contribution in [0.5, 0.6) is 5.75 Å². The molecular formula is C27H33N5O4. The van der Waals surface area contributed by atoms with Gasteiger partial charge in [0, 0.05) is 55.7 Å². The van der Waals surface area contributed by atoms with Crippen molar-refractivity contribution < 1.29 is 14.3 Å². The number of hydrogen-bond donors (Lipinski definition) is 1. The first kappa shape index (κ1) is 24.1. The molecule has 2 saturated heterocycles. The van der Waals surface area contributed by atoms with Crippen LogP contribution in [0.3, 0.4) is 0 Å². The molecule has 2 aliphatic heterocycles. The molecule has 9 heteroatoms. The van der Waals surface area contributed by atoms with E-state index < -0.39 is 0 Å². The molecule has 0 bridgehead atoms. The number of anilines is 1. The Kier molecular flexibility index (Phi) is 6.82. The second-order valence-electron chi connectivity index (χ2n) is 9.70. The molecule has 5 rings (SSSR count). The van der Waals surface area contributed by atoms with E-state index in [1.54, 1.807) is 23.9 Å². The number of rotatable bonds is 5. The Hall–Kier alpha value is -3.59. The van der Waals surface area contributed by atoms with Crippen molar-refractivity contribution in [3.05, 3.63) is 64.8 Å². The number of nitrogens with zero attached hydrogens (tertiary/aromatic N) is 4. The van der Waals surface area contributed by atoms with Crippen molar-refractivity contribution in [2.75, 3.05) is 38.2 Å². The number of methoxy groups -OCH3 is 1. The second-order valence-corrected chi connectivity index (χ2v) is 9.70. The minimum atomic E-state index is -0.106. The maximum Gasteiger partial charge on any atom is 0.326 e. The SMILES string of the molecule is COc1cccc(-c2cn(C3CCN(c4cc(C(=O)N5C[C@@H](C)O[C@@H](C)C5)ccn4)CC3)c(=O)[nH]2)c1. The number of piperidine rings is 1. The van der Waals surface area contributed by atoms with Gasteiger partial charge in [-0.15, -0.1) is 0 Å². The first-order chi connectivity index (χ1) is 17.4. The Balaban J connectivity index is 1.26. The average Bonchev–Trinajstić information content (AvgIpc) is 3.29. The third-order valence-corrected chi connectivity index (χ3v) is 7.01. The van der Waals surface area contributed by atoms with Gasteiger partial charge in [0.05, 0.1) is 25.0 Å². The van der Waals surface area contributed by atoms with Gasteiger partial charge >= 0.3 is 5.69 Å². The van der Waals surface area contributed by atoms with Crippen LogP contribution in [-0.4, -0.2) is 70.8 Å². The number of amides is 1. The van der Waals surface area contributed by atoms with Crippen LogP contribution in [0.2, 0.25) is 0 Å². The third-order valence-electron chi connectivity index (χ3n) is 7.01. The van der Waals surface area contributed by atoms with Crippen molar-refractivity contribution in [1.82, 2.24) is 19.4 Å². The monoisotopic (exact) mass is 491 g/mol. The van der Waals surface area contributed by atoms with Gasteiger partial charge in [-0.2, -0.15) is 0 Å². The number of hydrogen-bond acceptors (Lipinski definition) is 6. The highest BCUT2D eigenvalue weighted by atomic mass is 16.5. The predicted octanol–water partition coefficient (Wildman–Crippen LogP) is 3.34. The van der Waals surface area contributed by atoms with Gasteiger partial charge in [-0.3, -0.25) is 9.36 Å². The Morgan fingerprint density at radius 2 is 1.86 bits per heavy atom. The number of aromatic nitrogens is 3. The highest BCUT2D eigenvalue weighted by Crippen LogP contribution is 2.28. The molecular weight excluding hydrogens is 458 g/mol. The number of benzene rings is 1. The van der Waals surface area contributed by atoms with Crippen molar-refractivity contribution in [3.8, 4) is 17.0 Å². The van der Waals surface area contributed by atoms with Gasteiger partial charge in [0.2, 0.25) is 0 Å². The number of carbonyl (C=O) groups is 1. The van der Waals surface area contributed by atoms with E-state index >= 15 is 0 Å². The molecule has 1 amide bonds. The van der Waals surface area contributed by atoms with Crippen LogP contribution in [0.15, 0.2) is 53.6 Å². The van der Waals surface area contributed by atoms with Crippen molar-refractivity contribution in [2.24, 2.45) is 0 Å². The molecule has 0 unspecified atom stereocenters. The number of carbonyl (C=O) groups excluding carboxylic acids is 1. The Bertz CT molecular complexity index is 1270. The van der Waals surface area contributed by atoms with Crippen LogP contribution in [0.4, 0.5) is 5.82 Å². The number of nitrogens with one attached hydrogen (secondary N) is 1. The molecule has 0 aliphatic carbocycles. The normalized spacial score (nSPS) is 21.0. The van der Waals surface area contributed by atoms with Crippen LogP contribution in [0.25, 0.3) is 11.3 Å². The van der Waals surface area contributed by atoms with Gasteiger partial charge in [-0.1, -0.05) is 12.1 Å². The molecule has 1 aromatic carbocycles. The lowest BCUT2D eigenvalue weighted by Crippen LogP contribution is -2.48. The number of pyridine rings is 1. The van der Waals surface area contributed by atoms with Crippen LogP contribution >= 0.6 is 0 Å². The first-order valence-electron chi connectivity index (χ1n) is 12.5. The van der Waals surface area contributed by atoms with E-state index in [4.69, 9.17) is 9.47 Å². The molecule has 2 aliphatic rings. The third kappa shape index (κ3) is 5.02. The fraction of sp³-hybridized carbons (Fsp3) is 0.444. The summed E-state index contributed by atoms with van der Waals surface area (Å²) in [4.78, 5) is 37.4. The molecule has 36 heavy (non-hydrogen) atoms. The molecule has 9 nitrogen and oxygen atoms in total. The van der Waals surface area contributed by atoms with E-state index in [0.29, 0.717) is 18.7 Å². The maximum atomic E-state index is 13.1. The van der Waals surface area contributed by atoms with Crippen molar-refractivity contribution in [2.45, 2.75) is 44.9 Å². The van der Waals surface area contributed by atoms with E-state index in [1.807, 2.05) is 55.3 Å². The average molecular weight is 492 g/mol. The predicted molar refractivity (Wildman–Crippen MR) is 138 cm³/mol. The van der Waals surface area contributed by atoms with Crippen LogP contribution in [0.1, 0.15) is 43.1 Å². The molecule has 1 N–H and O–H groups in total. The highest BCUT2D eigenvalue weighted by molar-refractivity contribution is 5.95. The van der Waals surface area contributed by atoms with Gasteiger partial charge in [0.15, 0.2) is 0 Å². The molecule has 3 aromatic rings. The fourth-order valence-electron chi connectivity index (χ4n) is 5.24. The zero-order chi connectivity index (χ0) is 25.2. The smallest absolute Gasteiger partial charge is 0.326 e. The van der Waals surface area contributed by atoms with Crippen LogP contribution in [-0.2, 0) is 4.74 Å². The lowest BCUT2D eigenvalue weighted by atomic mass is 10.0. The van der Waals surface area contributed by atoms with E-state index in [0.717, 1.165) is 48.8 Å². The van der Waals surface area contributed by atoms with E-state index in [1.165, 1.54) is 0 Å². The number of ether oxygens (including phenoxy) is 2. The fourth-order valence-corrected chi connectivity index (χ4v) is 5.24. The van der Waals surface area contributed by atoms with Crippen LogP contribution in [0, 0.1) is 0 Å². The van der Waals surface area contributed by atoms with Gasteiger partial charge in [0.25, 0.3) is 5.91 Å².